The summed E-state index contributed by atoms with van der Waals surface area (Å²) in [6.07, 6.45) is 0.751. The Kier molecular flexibility index (Phi) is 3.14. The molecule has 0 aliphatic carbocycles. The number of hydrogen-bond acceptors (Lipinski definition) is 2. The van der Waals surface area contributed by atoms with E-state index in [1.54, 1.807) is 23.5 Å². The van der Waals surface area contributed by atoms with Crippen molar-refractivity contribution in [1.82, 2.24) is 0 Å². The van der Waals surface area contributed by atoms with E-state index in [9.17, 15) is 4.39 Å². The molecule has 0 saturated heterocycles. The lowest BCUT2D eigenvalue weighted by molar-refractivity contribution is 0.626. The van der Waals surface area contributed by atoms with Crippen LogP contribution in [-0.4, -0.2) is 0 Å². The van der Waals surface area contributed by atoms with Gasteiger partial charge in [0.25, 0.3) is 0 Å². The van der Waals surface area contributed by atoms with Gasteiger partial charge in [-0.25, -0.2) is 4.39 Å². The lowest BCUT2D eigenvalue weighted by Gasteiger charge is -2.09. The Morgan fingerprint density at radius 3 is 2.53 bits per heavy atom. The minimum atomic E-state index is -0.205. The zero-order chi connectivity index (χ0) is 10.7. The average Bonchev–Trinajstić information content (AvgIpc) is 2.74. The van der Waals surface area contributed by atoms with Crippen LogP contribution in [0.25, 0.3) is 0 Å². The van der Waals surface area contributed by atoms with Gasteiger partial charge in [0.05, 0.1) is 0 Å². The van der Waals surface area contributed by atoms with Gasteiger partial charge in [-0.2, -0.15) is 0 Å². The smallest absolute Gasteiger partial charge is 0.123 e. The molecule has 1 atom stereocenters. The van der Waals surface area contributed by atoms with Crippen molar-refractivity contribution in [2.24, 2.45) is 5.73 Å². The second-order valence-electron chi connectivity index (χ2n) is 3.45. The van der Waals surface area contributed by atoms with Crippen molar-refractivity contribution in [2.75, 3.05) is 0 Å². The fourth-order valence-electron chi connectivity index (χ4n) is 1.48. The minimum absolute atomic E-state index is 0.00969. The SMILES string of the molecule is NC(Cc1ccc(F)cc1)c1cccs1. The molecule has 2 N–H and O–H groups in total. The average molecular weight is 221 g/mol. The van der Waals surface area contributed by atoms with Crippen LogP contribution < -0.4 is 5.73 Å². The molecule has 15 heavy (non-hydrogen) atoms. The molecule has 0 radical (unpaired) electrons. The predicted molar refractivity (Wildman–Crippen MR) is 61.4 cm³/mol. The maximum Gasteiger partial charge on any atom is 0.123 e. The third-order valence-corrected chi connectivity index (χ3v) is 3.28. The van der Waals surface area contributed by atoms with Crippen LogP contribution in [0.4, 0.5) is 4.39 Å². The molecule has 0 fully saturated rings. The lowest BCUT2D eigenvalue weighted by atomic mass is 10.1. The number of thiophene rings is 1. The molecule has 1 aromatic carbocycles. The molecule has 0 aliphatic rings. The van der Waals surface area contributed by atoms with Crippen LogP contribution in [0, 0.1) is 5.82 Å². The number of halogens is 1. The first-order chi connectivity index (χ1) is 7.25. The van der Waals surface area contributed by atoms with E-state index in [2.05, 4.69) is 0 Å². The Morgan fingerprint density at radius 1 is 1.20 bits per heavy atom. The fourth-order valence-corrected chi connectivity index (χ4v) is 2.21. The molecule has 1 nitrogen and oxygen atoms in total. The third kappa shape index (κ3) is 2.64. The number of benzene rings is 1. The normalized spacial score (nSPS) is 12.7. The molecule has 3 heteroatoms. The van der Waals surface area contributed by atoms with E-state index in [-0.39, 0.29) is 11.9 Å². The van der Waals surface area contributed by atoms with Gasteiger partial charge in [-0.3, -0.25) is 0 Å². The van der Waals surface area contributed by atoms with E-state index in [0.29, 0.717) is 0 Å². The summed E-state index contributed by atoms with van der Waals surface area (Å²) >= 11 is 1.65. The molecule has 1 unspecified atom stereocenters. The number of hydrogen-bond donors (Lipinski definition) is 1. The van der Waals surface area contributed by atoms with Crippen molar-refractivity contribution in [3.63, 3.8) is 0 Å². The van der Waals surface area contributed by atoms with Crippen molar-refractivity contribution in [1.29, 1.82) is 0 Å². The highest BCUT2D eigenvalue weighted by Gasteiger charge is 2.07. The summed E-state index contributed by atoms with van der Waals surface area (Å²) in [6, 6.07) is 10.5. The van der Waals surface area contributed by atoms with Crippen LogP contribution in [0.2, 0.25) is 0 Å². The molecule has 1 heterocycles. The Labute approximate surface area is 92.4 Å². The largest absolute Gasteiger partial charge is 0.323 e. The second kappa shape index (κ2) is 4.55. The summed E-state index contributed by atoms with van der Waals surface area (Å²) in [6.45, 7) is 0. The molecular weight excluding hydrogens is 209 g/mol. The van der Waals surface area contributed by atoms with Gasteiger partial charge in [0.15, 0.2) is 0 Å². The van der Waals surface area contributed by atoms with Crippen LogP contribution in [0.1, 0.15) is 16.5 Å². The Balaban J connectivity index is 2.06. The predicted octanol–water partition coefficient (Wildman–Crippen LogP) is 3.13. The van der Waals surface area contributed by atoms with E-state index >= 15 is 0 Å². The maximum atomic E-state index is 12.7. The monoisotopic (exact) mass is 221 g/mol. The molecule has 2 aromatic rings. The summed E-state index contributed by atoms with van der Waals surface area (Å²) in [7, 11) is 0. The molecule has 0 saturated carbocycles. The Morgan fingerprint density at radius 2 is 1.93 bits per heavy atom. The van der Waals surface area contributed by atoms with Crippen molar-refractivity contribution in [3.05, 3.63) is 58.0 Å². The topological polar surface area (TPSA) is 26.0 Å². The summed E-state index contributed by atoms with van der Waals surface area (Å²) in [5.74, 6) is -0.205. The van der Waals surface area contributed by atoms with Crippen molar-refractivity contribution >= 4 is 11.3 Å². The van der Waals surface area contributed by atoms with Crippen molar-refractivity contribution in [3.8, 4) is 0 Å². The maximum absolute atomic E-state index is 12.7. The molecule has 0 amide bonds. The standard InChI is InChI=1S/C12H12FNS/c13-10-5-3-9(4-6-10)8-11(14)12-2-1-7-15-12/h1-7,11H,8,14H2. The zero-order valence-corrected chi connectivity index (χ0v) is 9.01. The van der Waals surface area contributed by atoms with Crippen molar-refractivity contribution < 1.29 is 4.39 Å². The van der Waals surface area contributed by atoms with Crippen LogP contribution in [-0.2, 0) is 6.42 Å². The number of rotatable bonds is 3. The molecule has 0 aliphatic heterocycles. The lowest BCUT2D eigenvalue weighted by Crippen LogP contribution is -2.11. The first kappa shape index (κ1) is 10.3. The van der Waals surface area contributed by atoms with Crippen LogP contribution in [0.15, 0.2) is 41.8 Å². The zero-order valence-electron chi connectivity index (χ0n) is 8.19. The highest BCUT2D eigenvalue weighted by atomic mass is 32.1. The first-order valence-corrected chi connectivity index (χ1v) is 5.67. The summed E-state index contributed by atoms with van der Waals surface area (Å²) in [5.41, 5.74) is 7.09. The van der Waals surface area contributed by atoms with E-state index in [1.807, 2.05) is 17.5 Å². The summed E-state index contributed by atoms with van der Waals surface area (Å²) in [4.78, 5) is 1.17. The van der Waals surface area contributed by atoms with Gasteiger partial charge in [-0.1, -0.05) is 18.2 Å². The van der Waals surface area contributed by atoms with Gasteiger partial charge in [0, 0.05) is 10.9 Å². The highest BCUT2D eigenvalue weighted by molar-refractivity contribution is 7.10. The third-order valence-electron chi connectivity index (χ3n) is 2.28. The molecule has 2 rings (SSSR count). The Hall–Kier alpha value is -1.19. The number of nitrogens with two attached hydrogens (primary N) is 1. The molecule has 1 aromatic heterocycles. The van der Waals surface area contributed by atoms with Gasteiger partial charge in [-0.05, 0) is 35.6 Å². The first-order valence-electron chi connectivity index (χ1n) is 4.79. The van der Waals surface area contributed by atoms with Gasteiger partial charge >= 0.3 is 0 Å². The molecular formula is C12H12FNS. The van der Waals surface area contributed by atoms with Gasteiger partial charge in [-0.15, -0.1) is 11.3 Å². The summed E-state index contributed by atoms with van der Waals surface area (Å²) < 4.78 is 12.7. The highest BCUT2D eigenvalue weighted by Crippen LogP contribution is 2.20. The van der Waals surface area contributed by atoms with E-state index in [1.165, 1.54) is 17.0 Å². The van der Waals surface area contributed by atoms with Gasteiger partial charge in [0.1, 0.15) is 5.82 Å². The van der Waals surface area contributed by atoms with E-state index in [0.717, 1.165) is 12.0 Å². The van der Waals surface area contributed by atoms with Crippen LogP contribution in [0.3, 0.4) is 0 Å². The van der Waals surface area contributed by atoms with Crippen molar-refractivity contribution in [2.45, 2.75) is 12.5 Å². The molecule has 78 valence electrons. The Bertz CT molecular complexity index is 408. The molecule has 0 spiro atoms. The van der Waals surface area contributed by atoms with Crippen LogP contribution in [0.5, 0.6) is 0 Å². The fraction of sp³-hybridized carbons (Fsp3) is 0.167. The quantitative estimate of drug-likeness (QED) is 0.846. The van der Waals surface area contributed by atoms with Crippen LogP contribution >= 0.6 is 11.3 Å². The second-order valence-corrected chi connectivity index (χ2v) is 4.43. The van der Waals surface area contributed by atoms with Gasteiger partial charge in [0.2, 0.25) is 0 Å². The van der Waals surface area contributed by atoms with Gasteiger partial charge < -0.3 is 5.73 Å². The van der Waals surface area contributed by atoms with E-state index in [4.69, 9.17) is 5.73 Å². The molecule has 0 bridgehead atoms. The minimum Gasteiger partial charge on any atom is -0.323 e. The van der Waals surface area contributed by atoms with E-state index < -0.39 is 0 Å². The summed E-state index contributed by atoms with van der Waals surface area (Å²) in [5, 5.41) is 2.01.